The van der Waals surface area contributed by atoms with Crippen LogP contribution in [0.4, 0.5) is 17.6 Å². The van der Waals surface area contributed by atoms with E-state index >= 15 is 0 Å². The molecule has 1 heterocycles. The first-order chi connectivity index (χ1) is 7.35. The van der Waals surface area contributed by atoms with Crippen molar-refractivity contribution in [2.45, 2.75) is 25.2 Å². The van der Waals surface area contributed by atoms with Gasteiger partial charge in [0.25, 0.3) is 0 Å². The van der Waals surface area contributed by atoms with Gasteiger partial charge in [-0.1, -0.05) is 0 Å². The van der Waals surface area contributed by atoms with Crippen LogP contribution in [-0.2, 0) is 18.3 Å². The van der Waals surface area contributed by atoms with E-state index in [2.05, 4.69) is 5.10 Å². The quantitative estimate of drug-likeness (QED) is 0.733. The number of alkyl halides is 4. The average molecular weight is 238 g/mol. The molecule has 0 atom stereocenters. The van der Waals surface area contributed by atoms with Gasteiger partial charge in [0, 0.05) is 25.4 Å². The summed E-state index contributed by atoms with van der Waals surface area (Å²) >= 11 is 0. The smallest absolute Gasteiger partial charge is 0.293 e. The molecule has 0 unspecified atom stereocenters. The fourth-order valence-electron chi connectivity index (χ4n) is 1.18. The number of aryl methyl sites for hydroxylation is 2. The monoisotopic (exact) mass is 238 g/mol. The van der Waals surface area contributed by atoms with Gasteiger partial charge in [-0.15, -0.1) is 0 Å². The second-order valence-electron chi connectivity index (χ2n) is 3.29. The minimum absolute atomic E-state index is 0.0301. The van der Waals surface area contributed by atoms with E-state index in [0.29, 0.717) is 5.69 Å². The second-order valence-corrected chi connectivity index (χ2v) is 3.29. The predicted octanol–water partition coefficient (Wildman–Crippen LogP) is 1.82. The van der Waals surface area contributed by atoms with Gasteiger partial charge in [-0.3, -0.25) is 9.48 Å². The minimum Gasteiger partial charge on any atom is -0.293 e. The summed E-state index contributed by atoms with van der Waals surface area (Å²) in [5, 5.41) is 3.76. The molecule has 1 rings (SSSR count). The molecule has 1 aromatic heterocycles. The van der Waals surface area contributed by atoms with Gasteiger partial charge in [0.05, 0.1) is 0 Å². The highest BCUT2D eigenvalue weighted by atomic mass is 19.3. The summed E-state index contributed by atoms with van der Waals surface area (Å²) in [6, 6.07) is 1.54. The van der Waals surface area contributed by atoms with Crippen LogP contribution >= 0.6 is 0 Å². The Labute approximate surface area is 89.1 Å². The SMILES string of the molecule is Cn1nccc1CCC(=O)C(F)(F)C(F)F. The number of Topliss-reactive ketones (excluding diaryl/α,β-unsaturated/α-hetero) is 1. The zero-order chi connectivity index (χ0) is 12.3. The lowest BCUT2D eigenvalue weighted by Crippen LogP contribution is -2.36. The van der Waals surface area contributed by atoms with Crippen LogP contribution in [0.3, 0.4) is 0 Å². The zero-order valence-corrected chi connectivity index (χ0v) is 8.46. The lowest BCUT2D eigenvalue weighted by Gasteiger charge is -2.13. The maximum absolute atomic E-state index is 12.5. The highest BCUT2D eigenvalue weighted by molar-refractivity contribution is 5.86. The highest BCUT2D eigenvalue weighted by Gasteiger charge is 2.47. The Hall–Kier alpha value is -1.40. The number of carbonyl (C=O) groups excluding carboxylic acids is 1. The lowest BCUT2D eigenvalue weighted by molar-refractivity contribution is -0.167. The van der Waals surface area contributed by atoms with Crippen molar-refractivity contribution in [1.29, 1.82) is 0 Å². The molecule has 1 aromatic rings. The normalized spacial score (nSPS) is 12.1. The van der Waals surface area contributed by atoms with Gasteiger partial charge in [0.15, 0.2) is 0 Å². The Morgan fingerprint density at radius 3 is 2.62 bits per heavy atom. The molecule has 16 heavy (non-hydrogen) atoms. The van der Waals surface area contributed by atoms with E-state index in [1.165, 1.54) is 16.9 Å². The standard InChI is InChI=1S/C9H10F4N2O/c1-15-6(4-5-14-15)2-3-7(16)9(12,13)8(10)11/h4-5,8H,2-3H2,1H3. The molecule has 0 aromatic carbocycles. The summed E-state index contributed by atoms with van der Waals surface area (Å²) < 4.78 is 50.1. The molecule has 0 bridgehead atoms. The first-order valence-electron chi connectivity index (χ1n) is 4.52. The van der Waals surface area contributed by atoms with Gasteiger partial charge in [0.2, 0.25) is 5.78 Å². The molecule has 3 nitrogen and oxygen atoms in total. The van der Waals surface area contributed by atoms with E-state index in [1.807, 2.05) is 0 Å². The number of rotatable bonds is 5. The van der Waals surface area contributed by atoms with Crippen LogP contribution in [0.5, 0.6) is 0 Å². The number of carbonyl (C=O) groups is 1. The van der Waals surface area contributed by atoms with Gasteiger partial charge in [-0.2, -0.15) is 13.9 Å². The third-order valence-corrected chi connectivity index (χ3v) is 2.18. The molecule has 7 heteroatoms. The molecule has 0 amide bonds. The Morgan fingerprint density at radius 1 is 1.56 bits per heavy atom. The first kappa shape index (κ1) is 12.7. The van der Waals surface area contributed by atoms with Crippen LogP contribution in [0.15, 0.2) is 12.3 Å². The van der Waals surface area contributed by atoms with Crippen molar-refractivity contribution in [3.8, 4) is 0 Å². The van der Waals surface area contributed by atoms with E-state index in [1.54, 1.807) is 7.05 Å². The van der Waals surface area contributed by atoms with E-state index in [-0.39, 0.29) is 6.42 Å². The maximum atomic E-state index is 12.5. The van der Waals surface area contributed by atoms with Gasteiger partial charge >= 0.3 is 12.3 Å². The summed E-state index contributed by atoms with van der Waals surface area (Å²) in [5.41, 5.74) is 0.540. The summed E-state index contributed by atoms with van der Waals surface area (Å²) in [4.78, 5) is 10.9. The maximum Gasteiger partial charge on any atom is 0.364 e. The van der Waals surface area contributed by atoms with Crippen molar-refractivity contribution in [1.82, 2.24) is 9.78 Å². The molecule has 0 N–H and O–H groups in total. The lowest BCUT2D eigenvalue weighted by atomic mass is 10.1. The van der Waals surface area contributed by atoms with Gasteiger partial charge in [0.1, 0.15) is 0 Å². The van der Waals surface area contributed by atoms with Crippen molar-refractivity contribution in [2.75, 3.05) is 0 Å². The summed E-state index contributed by atoms with van der Waals surface area (Å²) in [7, 11) is 1.57. The van der Waals surface area contributed by atoms with Gasteiger partial charge in [-0.25, -0.2) is 8.78 Å². The molecule has 90 valence electrons. The Bertz CT molecular complexity index is 375. The second kappa shape index (κ2) is 4.63. The number of hydrogen-bond acceptors (Lipinski definition) is 2. The van der Waals surface area contributed by atoms with Crippen molar-refractivity contribution in [3.63, 3.8) is 0 Å². The van der Waals surface area contributed by atoms with Gasteiger partial charge < -0.3 is 0 Å². The third-order valence-electron chi connectivity index (χ3n) is 2.18. The van der Waals surface area contributed by atoms with Gasteiger partial charge in [-0.05, 0) is 12.5 Å². The van der Waals surface area contributed by atoms with Crippen molar-refractivity contribution >= 4 is 5.78 Å². The number of nitrogens with zero attached hydrogens (tertiary/aromatic N) is 2. The van der Waals surface area contributed by atoms with Crippen LogP contribution in [0.2, 0.25) is 0 Å². The van der Waals surface area contributed by atoms with Crippen LogP contribution in [0, 0.1) is 0 Å². The van der Waals surface area contributed by atoms with E-state index in [0.717, 1.165) is 0 Å². The molecule has 0 aliphatic heterocycles. The molecule has 0 aliphatic rings. The molecule has 0 aliphatic carbocycles. The molecular weight excluding hydrogens is 228 g/mol. The Kier molecular flexibility index (Phi) is 3.66. The largest absolute Gasteiger partial charge is 0.364 e. The van der Waals surface area contributed by atoms with Crippen LogP contribution in [-0.4, -0.2) is 27.9 Å². The van der Waals surface area contributed by atoms with Crippen LogP contribution < -0.4 is 0 Å². The summed E-state index contributed by atoms with van der Waals surface area (Å²) in [6.07, 6.45) is -3.17. The van der Waals surface area contributed by atoms with Crippen LogP contribution in [0.25, 0.3) is 0 Å². The van der Waals surface area contributed by atoms with Crippen LogP contribution in [0.1, 0.15) is 12.1 Å². The summed E-state index contributed by atoms with van der Waals surface area (Å²) in [5.74, 6) is -6.30. The fourth-order valence-corrected chi connectivity index (χ4v) is 1.18. The van der Waals surface area contributed by atoms with Crippen molar-refractivity contribution in [3.05, 3.63) is 18.0 Å². The third kappa shape index (κ3) is 2.59. The zero-order valence-electron chi connectivity index (χ0n) is 8.46. The molecule has 0 radical (unpaired) electrons. The molecule has 0 saturated carbocycles. The number of ketones is 1. The average Bonchev–Trinajstić information content (AvgIpc) is 2.60. The van der Waals surface area contributed by atoms with Crippen molar-refractivity contribution < 1.29 is 22.4 Å². The summed E-state index contributed by atoms with van der Waals surface area (Å²) in [6.45, 7) is 0. The number of aromatic nitrogens is 2. The molecule has 0 fully saturated rings. The number of hydrogen-bond donors (Lipinski definition) is 0. The Balaban J connectivity index is 2.57. The molecule has 0 spiro atoms. The van der Waals surface area contributed by atoms with E-state index in [9.17, 15) is 22.4 Å². The number of halogens is 4. The Morgan fingerprint density at radius 2 is 2.19 bits per heavy atom. The topological polar surface area (TPSA) is 34.9 Å². The first-order valence-corrected chi connectivity index (χ1v) is 4.52. The highest BCUT2D eigenvalue weighted by Crippen LogP contribution is 2.25. The van der Waals surface area contributed by atoms with E-state index in [4.69, 9.17) is 0 Å². The minimum atomic E-state index is -4.56. The fraction of sp³-hybridized carbons (Fsp3) is 0.556. The molecule has 0 saturated heterocycles. The van der Waals surface area contributed by atoms with Crippen molar-refractivity contribution in [2.24, 2.45) is 7.05 Å². The predicted molar refractivity (Wildman–Crippen MR) is 47.5 cm³/mol. The molecular formula is C9H10F4N2O. The van der Waals surface area contributed by atoms with E-state index < -0.39 is 24.6 Å².